The minimum atomic E-state index is -0.393. The highest BCUT2D eigenvalue weighted by Gasteiger charge is 2.29. The van der Waals surface area contributed by atoms with Crippen LogP contribution >= 0.6 is 11.3 Å². The van der Waals surface area contributed by atoms with Gasteiger partial charge in [0.05, 0.1) is 4.92 Å². The van der Waals surface area contributed by atoms with E-state index in [4.69, 9.17) is 5.73 Å². The summed E-state index contributed by atoms with van der Waals surface area (Å²) in [4.78, 5) is 16.5. The van der Waals surface area contributed by atoms with Gasteiger partial charge in [-0.2, -0.15) is 0 Å². The first-order valence-corrected chi connectivity index (χ1v) is 6.98. The topological polar surface area (TPSA) is 85.3 Å². The average Bonchev–Trinajstić information content (AvgIpc) is 2.87. The first kappa shape index (κ1) is 13.2. The molecule has 1 aliphatic carbocycles. The molecule has 2 N–H and O–H groups in total. The molecule has 6 nitrogen and oxygen atoms in total. The molecule has 0 radical (unpaired) electrons. The minimum Gasteiger partial charge on any atom is -0.348 e. The number of nitrogens with two attached hydrogens (primary N) is 1. The highest BCUT2D eigenvalue weighted by atomic mass is 32.1. The van der Waals surface area contributed by atoms with Crippen molar-refractivity contribution in [3.63, 3.8) is 0 Å². The van der Waals surface area contributed by atoms with E-state index < -0.39 is 4.92 Å². The lowest BCUT2D eigenvalue weighted by atomic mass is 9.84. The van der Waals surface area contributed by atoms with Crippen LogP contribution in [0, 0.1) is 16.0 Å². The third kappa shape index (κ3) is 2.62. The fraction of sp³-hybridized carbons (Fsp3) is 0.727. The van der Waals surface area contributed by atoms with Gasteiger partial charge in [-0.3, -0.25) is 10.1 Å². The summed E-state index contributed by atoms with van der Waals surface area (Å²) in [6, 6.07) is 0.356. The Balaban J connectivity index is 2.13. The van der Waals surface area contributed by atoms with E-state index in [0.717, 1.165) is 24.2 Å². The number of nitrogens with zero attached hydrogens (tertiary/aromatic N) is 3. The molecule has 0 spiro atoms. The molecule has 0 aliphatic heterocycles. The summed E-state index contributed by atoms with van der Waals surface area (Å²) in [5, 5.41) is 11.5. The minimum absolute atomic E-state index is 0.0944. The number of nitro groups is 1. The average molecular weight is 270 g/mol. The van der Waals surface area contributed by atoms with Crippen LogP contribution in [0.2, 0.25) is 0 Å². The summed E-state index contributed by atoms with van der Waals surface area (Å²) in [7, 11) is 1.96. The SMILES string of the molecule is CN(c1ncc([N+](=O)[O-])s1)C1CCCCC1CN. The lowest BCUT2D eigenvalue weighted by molar-refractivity contribution is -0.380. The van der Waals surface area contributed by atoms with E-state index in [1.165, 1.54) is 19.0 Å². The zero-order chi connectivity index (χ0) is 13.1. The van der Waals surface area contributed by atoms with Crippen molar-refractivity contribution in [2.24, 2.45) is 11.7 Å². The fourth-order valence-corrected chi connectivity index (χ4v) is 3.37. The Kier molecular flexibility index (Phi) is 4.13. The monoisotopic (exact) mass is 270 g/mol. The van der Waals surface area contributed by atoms with Crippen LogP contribution in [-0.2, 0) is 0 Å². The highest BCUT2D eigenvalue weighted by molar-refractivity contribution is 7.18. The van der Waals surface area contributed by atoms with Crippen molar-refractivity contribution < 1.29 is 4.92 Å². The zero-order valence-corrected chi connectivity index (χ0v) is 11.2. The highest BCUT2D eigenvalue weighted by Crippen LogP contribution is 2.34. The first-order valence-electron chi connectivity index (χ1n) is 6.16. The van der Waals surface area contributed by atoms with Crippen molar-refractivity contribution in [3.05, 3.63) is 16.3 Å². The Hall–Kier alpha value is -1.21. The van der Waals surface area contributed by atoms with Gasteiger partial charge in [0.1, 0.15) is 6.20 Å². The van der Waals surface area contributed by atoms with Crippen LogP contribution in [0.5, 0.6) is 0 Å². The number of hydrogen-bond acceptors (Lipinski definition) is 6. The lowest BCUT2D eigenvalue weighted by Gasteiger charge is -2.37. The number of hydrogen-bond donors (Lipinski definition) is 1. The van der Waals surface area contributed by atoms with Crippen molar-refractivity contribution >= 4 is 21.5 Å². The van der Waals surface area contributed by atoms with E-state index in [2.05, 4.69) is 9.88 Å². The fourth-order valence-electron chi connectivity index (χ4n) is 2.62. The standard InChI is InChI=1S/C11H18N4O2S/c1-14(9-5-3-2-4-8(9)6-12)11-13-7-10(18-11)15(16)17/h7-9H,2-6,12H2,1H3. The molecule has 0 aromatic carbocycles. The summed E-state index contributed by atoms with van der Waals surface area (Å²) in [6.07, 6.45) is 5.98. The maximum atomic E-state index is 10.7. The molecule has 0 amide bonds. The van der Waals surface area contributed by atoms with Gasteiger partial charge in [-0.15, -0.1) is 0 Å². The third-order valence-corrected chi connectivity index (χ3v) is 4.67. The molecule has 1 fully saturated rings. The zero-order valence-electron chi connectivity index (χ0n) is 10.4. The van der Waals surface area contributed by atoms with E-state index >= 15 is 0 Å². The molecule has 1 heterocycles. The number of anilines is 1. The van der Waals surface area contributed by atoms with Crippen LogP contribution in [0.3, 0.4) is 0 Å². The van der Waals surface area contributed by atoms with Crippen molar-refractivity contribution in [1.29, 1.82) is 0 Å². The summed E-state index contributed by atoms with van der Waals surface area (Å²) in [5.74, 6) is 0.465. The maximum Gasteiger partial charge on any atom is 0.345 e. The van der Waals surface area contributed by atoms with Crippen LogP contribution in [0.25, 0.3) is 0 Å². The van der Waals surface area contributed by atoms with Crippen molar-refractivity contribution in [2.75, 3.05) is 18.5 Å². The predicted octanol–water partition coefficient (Wildman–Crippen LogP) is 2.00. The van der Waals surface area contributed by atoms with Crippen molar-refractivity contribution in [2.45, 2.75) is 31.7 Å². The van der Waals surface area contributed by atoms with Gasteiger partial charge >= 0.3 is 5.00 Å². The predicted molar refractivity (Wildman–Crippen MR) is 72.0 cm³/mol. The molecule has 18 heavy (non-hydrogen) atoms. The van der Waals surface area contributed by atoms with Gasteiger partial charge in [0.2, 0.25) is 0 Å². The summed E-state index contributed by atoms with van der Waals surface area (Å²) >= 11 is 1.13. The number of aromatic nitrogens is 1. The molecule has 0 bridgehead atoms. The van der Waals surface area contributed by atoms with Crippen molar-refractivity contribution in [3.8, 4) is 0 Å². The van der Waals surface area contributed by atoms with Crippen LogP contribution in [0.4, 0.5) is 10.1 Å². The van der Waals surface area contributed by atoms with Gasteiger partial charge < -0.3 is 10.6 Å². The van der Waals surface area contributed by atoms with Gasteiger partial charge in [0, 0.05) is 13.1 Å². The second-order valence-electron chi connectivity index (χ2n) is 4.70. The molecular weight excluding hydrogens is 252 g/mol. The largest absolute Gasteiger partial charge is 0.348 e. The number of rotatable bonds is 4. The van der Waals surface area contributed by atoms with Gasteiger partial charge in [-0.25, -0.2) is 4.98 Å². The summed E-state index contributed by atoms with van der Waals surface area (Å²) < 4.78 is 0. The Morgan fingerprint density at radius 2 is 2.33 bits per heavy atom. The normalized spacial score (nSPS) is 23.9. The lowest BCUT2D eigenvalue weighted by Crippen LogP contribution is -2.43. The van der Waals surface area contributed by atoms with Crippen LogP contribution in [0.15, 0.2) is 6.20 Å². The first-order chi connectivity index (χ1) is 8.63. The van der Waals surface area contributed by atoms with Crippen molar-refractivity contribution in [1.82, 2.24) is 4.98 Å². The van der Waals surface area contributed by atoms with Gasteiger partial charge in [0.25, 0.3) is 0 Å². The van der Waals surface area contributed by atoms with E-state index in [-0.39, 0.29) is 5.00 Å². The van der Waals surface area contributed by atoms with E-state index in [1.807, 2.05) is 7.05 Å². The summed E-state index contributed by atoms with van der Waals surface area (Å²) in [5.41, 5.74) is 5.81. The molecular formula is C11H18N4O2S. The molecule has 2 unspecified atom stereocenters. The summed E-state index contributed by atoms with van der Waals surface area (Å²) in [6.45, 7) is 0.669. The Bertz CT molecular complexity index is 423. The molecule has 2 rings (SSSR count). The molecule has 7 heteroatoms. The van der Waals surface area contributed by atoms with Crippen LogP contribution < -0.4 is 10.6 Å². The van der Waals surface area contributed by atoms with Gasteiger partial charge in [-0.05, 0) is 36.6 Å². The Labute approximate surface area is 110 Å². The van der Waals surface area contributed by atoms with Crippen LogP contribution in [0.1, 0.15) is 25.7 Å². The molecule has 0 saturated heterocycles. The molecule has 1 saturated carbocycles. The van der Waals surface area contributed by atoms with Crippen LogP contribution in [-0.4, -0.2) is 29.5 Å². The Morgan fingerprint density at radius 1 is 1.61 bits per heavy atom. The molecule has 1 aliphatic rings. The molecule has 1 aromatic heterocycles. The van der Waals surface area contributed by atoms with E-state index in [0.29, 0.717) is 23.6 Å². The molecule has 2 atom stereocenters. The smallest absolute Gasteiger partial charge is 0.345 e. The van der Waals surface area contributed by atoms with Gasteiger partial charge in [0.15, 0.2) is 5.13 Å². The second-order valence-corrected chi connectivity index (χ2v) is 5.68. The quantitative estimate of drug-likeness (QED) is 0.668. The maximum absolute atomic E-state index is 10.7. The second kappa shape index (κ2) is 5.62. The number of thiazole rings is 1. The van der Waals surface area contributed by atoms with Gasteiger partial charge in [-0.1, -0.05) is 12.8 Å². The van der Waals surface area contributed by atoms with E-state index in [1.54, 1.807) is 0 Å². The van der Waals surface area contributed by atoms with E-state index in [9.17, 15) is 10.1 Å². The molecule has 1 aromatic rings. The third-order valence-electron chi connectivity index (χ3n) is 3.63. The Morgan fingerprint density at radius 3 is 2.94 bits per heavy atom. The molecule has 100 valence electrons.